The fourth-order valence-corrected chi connectivity index (χ4v) is 1.28. The number of rotatable bonds is 4. The van der Waals surface area contributed by atoms with Crippen LogP contribution in [-0.2, 0) is 4.74 Å². The molecule has 15 heavy (non-hydrogen) atoms. The molecule has 0 heterocycles. The maximum Gasteiger partial charge on any atom is 0.407 e. The average molecular weight is 216 g/mol. The monoisotopic (exact) mass is 216 g/mol. The quantitative estimate of drug-likeness (QED) is 0.754. The number of nitrogens with two attached hydrogens (primary N) is 1. The van der Waals surface area contributed by atoms with Crippen LogP contribution < -0.4 is 11.1 Å². The number of carbonyl (C=O) groups is 1. The lowest BCUT2D eigenvalue weighted by Crippen LogP contribution is -2.45. The Hall–Kier alpha value is -0.770. The fourth-order valence-electron chi connectivity index (χ4n) is 1.28. The van der Waals surface area contributed by atoms with E-state index in [4.69, 9.17) is 10.5 Å². The lowest BCUT2D eigenvalue weighted by atomic mass is 9.85. The van der Waals surface area contributed by atoms with Gasteiger partial charge in [-0.25, -0.2) is 4.79 Å². The highest BCUT2D eigenvalue weighted by Crippen LogP contribution is 2.21. The van der Waals surface area contributed by atoms with E-state index in [1.807, 2.05) is 13.8 Å². The fraction of sp³-hybridized carbons (Fsp3) is 0.909. The van der Waals surface area contributed by atoms with Crippen molar-refractivity contribution in [1.29, 1.82) is 0 Å². The van der Waals surface area contributed by atoms with Crippen molar-refractivity contribution in [3.8, 4) is 0 Å². The molecule has 0 aromatic carbocycles. The van der Waals surface area contributed by atoms with Gasteiger partial charge in [-0.05, 0) is 32.2 Å². The molecule has 0 saturated heterocycles. The van der Waals surface area contributed by atoms with Crippen LogP contribution in [0, 0.1) is 5.41 Å². The van der Waals surface area contributed by atoms with Gasteiger partial charge in [0.1, 0.15) is 0 Å². The normalized spacial score (nSPS) is 13.8. The van der Waals surface area contributed by atoms with Crippen LogP contribution in [0.5, 0.6) is 0 Å². The van der Waals surface area contributed by atoms with Crippen LogP contribution in [0.1, 0.15) is 41.0 Å². The number of nitrogens with one attached hydrogen (secondary N) is 1. The molecule has 4 heteroatoms. The van der Waals surface area contributed by atoms with Gasteiger partial charge in [-0.3, -0.25) is 0 Å². The molecule has 0 radical (unpaired) electrons. The smallest absolute Gasteiger partial charge is 0.407 e. The first-order valence-corrected chi connectivity index (χ1v) is 5.44. The zero-order chi connectivity index (χ0) is 12.1. The third-order valence-electron chi connectivity index (χ3n) is 2.14. The minimum Gasteiger partial charge on any atom is -0.447 e. The van der Waals surface area contributed by atoms with E-state index in [1.165, 1.54) is 0 Å². The summed E-state index contributed by atoms with van der Waals surface area (Å²) in [6.07, 6.45) is 0.304. The number of alkyl carbamates (subject to hydrolysis) is 1. The molecule has 0 aromatic rings. The zero-order valence-corrected chi connectivity index (χ0v) is 10.5. The molecule has 0 bridgehead atoms. The van der Waals surface area contributed by atoms with Gasteiger partial charge in [0.2, 0.25) is 0 Å². The van der Waals surface area contributed by atoms with Gasteiger partial charge in [-0.2, -0.15) is 0 Å². The Balaban J connectivity index is 4.23. The molecule has 0 spiro atoms. The molecular weight excluding hydrogens is 192 g/mol. The highest BCUT2D eigenvalue weighted by atomic mass is 16.6. The van der Waals surface area contributed by atoms with E-state index in [-0.39, 0.29) is 23.7 Å². The van der Waals surface area contributed by atoms with E-state index in [0.717, 1.165) is 6.42 Å². The lowest BCUT2D eigenvalue weighted by Gasteiger charge is -2.31. The minimum absolute atomic E-state index is 0.00459. The van der Waals surface area contributed by atoms with Gasteiger partial charge in [0.25, 0.3) is 0 Å². The minimum atomic E-state index is -0.363. The molecule has 0 aliphatic carbocycles. The van der Waals surface area contributed by atoms with Crippen LogP contribution in [0.15, 0.2) is 0 Å². The SMILES string of the molecule is CC(C)OC(=O)NC(CCN)C(C)(C)C. The van der Waals surface area contributed by atoms with Crippen molar-refractivity contribution in [2.45, 2.75) is 53.2 Å². The molecule has 0 aliphatic rings. The molecule has 0 aliphatic heterocycles. The van der Waals surface area contributed by atoms with Gasteiger partial charge in [-0.1, -0.05) is 20.8 Å². The van der Waals surface area contributed by atoms with Crippen molar-refractivity contribution in [1.82, 2.24) is 5.32 Å². The third-order valence-corrected chi connectivity index (χ3v) is 2.14. The van der Waals surface area contributed by atoms with Gasteiger partial charge < -0.3 is 15.8 Å². The highest BCUT2D eigenvalue weighted by Gasteiger charge is 2.26. The van der Waals surface area contributed by atoms with E-state index >= 15 is 0 Å². The van der Waals surface area contributed by atoms with Crippen molar-refractivity contribution < 1.29 is 9.53 Å². The number of ether oxygens (including phenoxy) is 1. The van der Waals surface area contributed by atoms with E-state index in [1.54, 1.807) is 0 Å². The molecule has 3 N–H and O–H groups in total. The molecule has 90 valence electrons. The molecular formula is C11H24N2O2. The van der Waals surface area contributed by atoms with E-state index in [0.29, 0.717) is 6.54 Å². The van der Waals surface area contributed by atoms with E-state index in [9.17, 15) is 4.79 Å². The van der Waals surface area contributed by atoms with Gasteiger partial charge in [-0.15, -0.1) is 0 Å². The molecule has 0 fully saturated rings. The molecule has 0 saturated carbocycles. The standard InChI is InChI=1S/C11H24N2O2/c1-8(2)15-10(14)13-9(6-7-12)11(3,4)5/h8-9H,6-7,12H2,1-5H3,(H,13,14). The Labute approximate surface area is 92.6 Å². The predicted molar refractivity (Wildman–Crippen MR) is 61.7 cm³/mol. The molecule has 1 amide bonds. The predicted octanol–water partition coefficient (Wildman–Crippen LogP) is 1.88. The van der Waals surface area contributed by atoms with Crippen molar-refractivity contribution in [2.24, 2.45) is 11.1 Å². The van der Waals surface area contributed by atoms with Crippen molar-refractivity contribution >= 4 is 6.09 Å². The van der Waals surface area contributed by atoms with Crippen molar-refractivity contribution in [3.63, 3.8) is 0 Å². The van der Waals surface area contributed by atoms with Crippen LogP contribution in [0.25, 0.3) is 0 Å². The summed E-state index contributed by atoms with van der Waals surface area (Å²) in [6.45, 7) is 10.4. The summed E-state index contributed by atoms with van der Waals surface area (Å²) in [5, 5.41) is 2.85. The van der Waals surface area contributed by atoms with Crippen LogP contribution in [-0.4, -0.2) is 24.8 Å². The zero-order valence-electron chi connectivity index (χ0n) is 10.5. The summed E-state index contributed by atoms with van der Waals surface area (Å²) in [5.41, 5.74) is 5.51. The van der Waals surface area contributed by atoms with Crippen molar-refractivity contribution in [3.05, 3.63) is 0 Å². The van der Waals surface area contributed by atoms with Gasteiger partial charge in [0.05, 0.1) is 6.10 Å². The van der Waals surface area contributed by atoms with E-state index < -0.39 is 0 Å². The number of hydrogen-bond acceptors (Lipinski definition) is 3. The second-order valence-corrected chi connectivity index (χ2v) is 5.09. The summed E-state index contributed by atoms with van der Waals surface area (Å²) in [5.74, 6) is 0. The number of amides is 1. The number of carbonyl (C=O) groups excluding carboxylic acids is 1. The number of hydrogen-bond donors (Lipinski definition) is 2. The van der Waals surface area contributed by atoms with Crippen molar-refractivity contribution in [2.75, 3.05) is 6.54 Å². The Morgan fingerprint density at radius 1 is 1.40 bits per heavy atom. The van der Waals surface area contributed by atoms with Crippen LogP contribution in [0.3, 0.4) is 0 Å². The Kier molecular flexibility index (Phi) is 5.65. The molecule has 0 rings (SSSR count). The second kappa shape index (κ2) is 5.95. The maximum absolute atomic E-state index is 11.4. The first-order valence-electron chi connectivity index (χ1n) is 5.44. The highest BCUT2D eigenvalue weighted by molar-refractivity contribution is 5.67. The van der Waals surface area contributed by atoms with Gasteiger partial charge >= 0.3 is 6.09 Å². The molecule has 1 unspecified atom stereocenters. The summed E-state index contributed by atoms with van der Waals surface area (Å²) < 4.78 is 5.03. The summed E-state index contributed by atoms with van der Waals surface area (Å²) in [6, 6.07) is 0.0498. The molecule has 4 nitrogen and oxygen atoms in total. The molecule has 1 atom stereocenters. The first kappa shape index (κ1) is 14.2. The topological polar surface area (TPSA) is 64.3 Å². The van der Waals surface area contributed by atoms with Crippen LogP contribution >= 0.6 is 0 Å². The van der Waals surface area contributed by atoms with Crippen LogP contribution in [0.4, 0.5) is 4.79 Å². The molecule has 0 aromatic heterocycles. The third kappa shape index (κ3) is 6.33. The summed E-state index contributed by atoms with van der Waals surface area (Å²) >= 11 is 0. The van der Waals surface area contributed by atoms with Gasteiger partial charge in [0.15, 0.2) is 0 Å². The largest absolute Gasteiger partial charge is 0.447 e. The van der Waals surface area contributed by atoms with E-state index in [2.05, 4.69) is 26.1 Å². The Bertz CT molecular complexity index is 197. The lowest BCUT2D eigenvalue weighted by molar-refractivity contribution is 0.104. The summed E-state index contributed by atoms with van der Waals surface area (Å²) in [7, 11) is 0. The summed E-state index contributed by atoms with van der Waals surface area (Å²) in [4.78, 5) is 11.4. The maximum atomic E-state index is 11.4. The van der Waals surface area contributed by atoms with Gasteiger partial charge in [0, 0.05) is 6.04 Å². The second-order valence-electron chi connectivity index (χ2n) is 5.09. The van der Waals surface area contributed by atoms with Crippen LogP contribution in [0.2, 0.25) is 0 Å². The Morgan fingerprint density at radius 3 is 2.27 bits per heavy atom. The Morgan fingerprint density at radius 2 is 1.93 bits per heavy atom. The first-order chi connectivity index (χ1) is 6.77. The average Bonchev–Trinajstić information content (AvgIpc) is 2.00.